The second kappa shape index (κ2) is 11.4. The summed E-state index contributed by atoms with van der Waals surface area (Å²) in [6, 6.07) is 14.4. The smallest absolute Gasteiger partial charge is 0.321 e. The number of urea groups is 1. The van der Waals surface area contributed by atoms with Gasteiger partial charge in [0.15, 0.2) is 0 Å². The first kappa shape index (κ1) is 21.1. The van der Waals surface area contributed by atoms with Crippen molar-refractivity contribution >= 4 is 11.7 Å². The van der Waals surface area contributed by atoms with Gasteiger partial charge >= 0.3 is 6.03 Å². The third-order valence-corrected chi connectivity index (χ3v) is 5.03. The van der Waals surface area contributed by atoms with Crippen molar-refractivity contribution in [3.05, 3.63) is 59.9 Å². The van der Waals surface area contributed by atoms with E-state index in [-0.39, 0.29) is 11.8 Å². The maximum absolute atomic E-state index is 13.1. The molecule has 6 heteroatoms. The number of anilines is 1. The minimum atomic E-state index is -0.267. The van der Waals surface area contributed by atoms with Gasteiger partial charge in [-0.2, -0.15) is 0 Å². The maximum Gasteiger partial charge on any atom is 0.321 e. The molecule has 2 aromatic rings. The van der Waals surface area contributed by atoms with Gasteiger partial charge in [0.25, 0.3) is 0 Å². The summed E-state index contributed by atoms with van der Waals surface area (Å²) in [6.07, 6.45) is 5.33. The van der Waals surface area contributed by atoms with Gasteiger partial charge < -0.3 is 20.3 Å². The number of unbranched alkanes of at least 4 members (excludes halogenated alkanes) is 3. The molecule has 2 N–H and O–H groups in total. The Morgan fingerprint density at radius 2 is 1.79 bits per heavy atom. The first-order valence-electron chi connectivity index (χ1n) is 10.4. The highest BCUT2D eigenvalue weighted by Crippen LogP contribution is 2.15. The number of carbonyl (C=O) groups excluding carboxylic acids is 1. The van der Waals surface area contributed by atoms with Crippen molar-refractivity contribution in [3.63, 3.8) is 0 Å². The Kier molecular flexibility index (Phi) is 8.31. The van der Waals surface area contributed by atoms with Gasteiger partial charge in [-0.15, -0.1) is 0 Å². The molecule has 156 valence electrons. The van der Waals surface area contributed by atoms with Crippen LogP contribution in [0.5, 0.6) is 5.75 Å². The molecule has 2 amide bonds. The van der Waals surface area contributed by atoms with E-state index in [1.807, 2.05) is 17.0 Å². The Labute approximate surface area is 172 Å². The van der Waals surface area contributed by atoms with Gasteiger partial charge in [-0.25, -0.2) is 9.18 Å². The number of aryl methyl sites for hydroxylation is 1. The molecule has 1 aliphatic heterocycles. The van der Waals surface area contributed by atoms with E-state index in [0.717, 1.165) is 64.0 Å². The van der Waals surface area contributed by atoms with Crippen LogP contribution in [-0.4, -0.2) is 43.7 Å². The van der Waals surface area contributed by atoms with Crippen LogP contribution in [0.1, 0.15) is 31.2 Å². The minimum absolute atomic E-state index is 0.0280. The lowest BCUT2D eigenvalue weighted by molar-refractivity contribution is 0.204. The van der Waals surface area contributed by atoms with Crippen molar-refractivity contribution < 1.29 is 13.9 Å². The summed E-state index contributed by atoms with van der Waals surface area (Å²) >= 11 is 0. The molecule has 0 radical (unpaired) electrons. The summed E-state index contributed by atoms with van der Waals surface area (Å²) in [5, 5.41) is 6.21. The van der Waals surface area contributed by atoms with E-state index >= 15 is 0 Å². The number of amides is 2. The van der Waals surface area contributed by atoms with Crippen molar-refractivity contribution in [3.8, 4) is 5.75 Å². The summed E-state index contributed by atoms with van der Waals surface area (Å²) < 4.78 is 18.6. The fraction of sp³-hybridized carbons (Fsp3) is 0.435. The van der Waals surface area contributed by atoms with Crippen molar-refractivity contribution in [2.45, 2.75) is 32.1 Å². The highest BCUT2D eigenvalue weighted by atomic mass is 19.1. The topological polar surface area (TPSA) is 53.6 Å². The van der Waals surface area contributed by atoms with Crippen LogP contribution in [0, 0.1) is 5.82 Å². The number of halogens is 1. The lowest BCUT2D eigenvalue weighted by Gasteiger charge is -2.27. The minimum Gasteiger partial charge on any atom is -0.493 e. The molecule has 1 aliphatic rings. The van der Waals surface area contributed by atoms with E-state index in [4.69, 9.17) is 4.74 Å². The van der Waals surface area contributed by atoms with Gasteiger partial charge in [-0.05, 0) is 49.1 Å². The van der Waals surface area contributed by atoms with Crippen LogP contribution in [0.15, 0.2) is 48.5 Å². The molecular weight excluding hydrogens is 369 g/mol. The molecule has 1 saturated heterocycles. The zero-order valence-electron chi connectivity index (χ0n) is 16.8. The summed E-state index contributed by atoms with van der Waals surface area (Å²) in [4.78, 5) is 14.1. The van der Waals surface area contributed by atoms with E-state index in [2.05, 4.69) is 22.8 Å². The summed E-state index contributed by atoms with van der Waals surface area (Å²) in [5.74, 6) is 0.325. The second-order valence-electron chi connectivity index (χ2n) is 7.33. The van der Waals surface area contributed by atoms with Crippen molar-refractivity contribution in [2.24, 2.45) is 0 Å². The monoisotopic (exact) mass is 399 g/mol. The number of hydrogen-bond acceptors (Lipinski definition) is 3. The van der Waals surface area contributed by atoms with E-state index in [9.17, 15) is 9.18 Å². The lowest BCUT2D eigenvalue weighted by atomic mass is 10.1. The molecule has 0 aliphatic carbocycles. The average Bonchev–Trinajstić information content (AvgIpc) is 2.75. The number of benzene rings is 2. The van der Waals surface area contributed by atoms with Gasteiger partial charge in [-0.3, -0.25) is 0 Å². The molecule has 1 heterocycles. The van der Waals surface area contributed by atoms with Crippen LogP contribution in [-0.2, 0) is 6.42 Å². The predicted molar refractivity (Wildman–Crippen MR) is 114 cm³/mol. The molecule has 29 heavy (non-hydrogen) atoms. The van der Waals surface area contributed by atoms with Crippen LogP contribution in [0.4, 0.5) is 14.9 Å². The number of nitrogens with one attached hydrogen (secondary N) is 2. The highest BCUT2D eigenvalue weighted by molar-refractivity contribution is 5.89. The molecule has 0 atom stereocenters. The fourth-order valence-corrected chi connectivity index (χ4v) is 3.36. The molecule has 0 unspecified atom stereocenters. The molecule has 0 aromatic heterocycles. The fourth-order valence-electron chi connectivity index (χ4n) is 3.36. The van der Waals surface area contributed by atoms with Gasteiger partial charge in [-0.1, -0.05) is 31.0 Å². The first-order valence-corrected chi connectivity index (χ1v) is 10.4. The molecule has 3 rings (SSSR count). The lowest BCUT2D eigenvalue weighted by Crippen LogP contribution is -2.48. The number of rotatable bonds is 9. The zero-order chi connectivity index (χ0) is 20.3. The van der Waals surface area contributed by atoms with Gasteiger partial charge in [0.1, 0.15) is 11.6 Å². The predicted octanol–water partition coefficient (Wildman–Crippen LogP) is 4.44. The number of carbonyl (C=O) groups is 1. The van der Waals surface area contributed by atoms with Crippen LogP contribution >= 0.6 is 0 Å². The highest BCUT2D eigenvalue weighted by Gasteiger charge is 2.15. The van der Waals surface area contributed by atoms with E-state index in [0.29, 0.717) is 12.4 Å². The Bertz CT molecular complexity index is 761. The average molecular weight is 400 g/mol. The third kappa shape index (κ3) is 7.38. The SMILES string of the molecule is O=C(Nc1ccc(CCCCCCOc2cccc(F)c2)cc1)N1CCNCC1. The van der Waals surface area contributed by atoms with Gasteiger partial charge in [0, 0.05) is 37.9 Å². The Morgan fingerprint density at radius 3 is 2.55 bits per heavy atom. The largest absolute Gasteiger partial charge is 0.493 e. The molecule has 5 nitrogen and oxygen atoms in total. The Balaban J connectivity index is 1.27. The Hall–Kier alpha value is -2.60. The van der Waals surface area contributed by atoms with E-state index < -0.39 is 0 Å². The van der Waals surface area contributed by atoms with Crippen molar-refractivity contribution in [1.82, 2.24) is 10.2 Å². The van der Waals surface area contributed by atoms with Gasteiger partial charge in [0.05, 0.1) is 6.61 Å². The standard InChI is InChI=1S/C23H30FN3O2/c24-20-7-5-8-22(18-20)29-17-4-2-1-3-6-19-9-11-21(12-10-19)26-23(28)27-15-13-25-14-16-27/h5,7-12,18,25H,1-4,6,13-17H2,(H,26,28). The molecule has 0 spiro atoms. The quantitative estimate of drug-likeness (QED) is 0.613. The molecular formula is C23H30FN3O2. The second-order valence-corrected chi connectivity index (χ2v) is 7.33. The zero-order valence-corrected chi connectivity index (χ0v) is 16.8. The van der Waals surface area contributed by atoms with Gasteiger partial charge in [0.2, 0.25) is 0 Å². The number of nitrogens with zero attached hydrogens (tertiary/aromatic N) is 1. The third-order valence-electron chi connectivity index (χ3n) is 5.03. The summed E-state index contributed by atoms with van der Waals surface area (Å²) in [7, 11) is 0. The van der Waals surface area contributed by atoms with Crippen molar-refractivity contribution in [2.75, 3.05) is 38.1 Å². The maximum atomic E-state index is 13.1. The van der Waals surface area contributed by atoms with Crippen LogP contribution in [0.25, 0.3) is 0 Å². The van der Waals surface area contributed by atoms with Crippen LogP contribution in [0.3, 0.4) is 0 Å². The van der Waals surface area contributed by atoms with E-state index in [1.54, 1.807) is 12.1 Å². The summed E-state index contributed by atoms with van der Waals surface area (Å²) in [5.41, 5.74) is 2.12. The molecule has 2 aromatic carbocycles. The summed E-state index contributed by atoms with van der Waals surface area (Å²) in [6.45, 7) is 3.81. The number of piperazine rings is 1. The normalized spacial score (nSPS) is 13.9. The molecule has 1 fully saturated rings. The van der Waals surface area contributed by atoms with Crippen LogP contribution < -0.4 is 15.4 Å². The molecule has 0 saturated carbocycles. The first-order chi connectivity index (χ1) is 14.2. The Morgan fingerprint density at radius 1 is 1.03 bits per heavy atom. The van der Waals surface area contributed by atoms with Crippen molar-refractivity contribution in [1.29, 1.82) is 0 Å². The van der Waals surface area contributed by atoms with Crippen LogP contribution in [0.2, 0.25) is 0 Å². The van der Waals surface area contributed by atoms with E-state index in [1.165, 1.54) is 17.7 Å². The number of ether oxygens (including phenoxy) is 1. The molecule has 0 bridgehead atoms. The number of hydrogen-bond donors (Lipinski definition) is 2.